The highest BCUT2D eigenvalue weighted by molar-refractivity contribution is 7.09. The molecule has 0 unspecified atom stereocenters. The van der Waals surface area contributed by atoms with Crippen molar-refractivity contribution in [2.24, 2.45) is 4.99 Å². The van der Waals surface area contributed by atoms with Crippen LogP contribution in [-0.4, -0.2) is 33.2 Å². The lowest BCUT2D eigenvalue weighted by Gasteiger charge is -1.90. The van der Waals surface area contributed by atoms with E-state index in [0.29, 0.717) is 0 Å². The van der Waals surface area contributed by atoms with Gasteiger partial charge in [-0.15, -0.1) is 0 Å². The van der Waals surface area contributed by atoms with E-state index in [1.165, 1.54) is 7.05 Å². The van der Waals surface area contributed by atoms with Gasteiger partial charge in [-0.2, -0.15) is 9.36 Å². The van der Waals surface area contributed by atoms with Crippen LogP contribution >= 0.6 is 11.5 Å². The van der Waals surface area contributed by atoms with Gasteiger partial charge in [0, 0.05) is 18.6 Å². The predicted octanol–water partition coefficient (Wildman–Crippen LogP) is -0.376. The van der Waals surface area contributed by atoms with Crippen LogP contribution in [-0.2, 0) is 4.79 Å². The molecule has 0 atom stereocenters. The van der Waals surface area contributed by atoms with E-state index in [9.17, 15) is 4.79 Å². The Bertz CT molecular complexity index is 332. The molecule has 0 fully saturated rings. The number of carboxylic acid groups (broad SMARTS) is 1. The summed E-state index contributed by atoms with van der Waals surface area (Å²) in [7, 11) is 1.36. The van der Waals surface area contributed by atoms with Crippen molar-refractivity contribution in [3.63, 3.8) is 0 Å². The van der Waals surface area contributed by atoms with Gasteiger partial charge in [0.25, 0.3) is 0 Å². The summed E-state index contributed by atoms with van der Waals surface area (Å²) in [5.74, 6) is -1.09. The number of nitrogen functional groups attached to an aromatic ring is 1. The third kappa shape index (κ3) is 1.56. The Morgan fingerprint density at radius 2 is 2.42 bits per heavy atom. The van der Waals surface area contributed by atoms with Gasteiger partial charge in [0.15, 0.2) is 16.7 Å². The Morgan fingerprint density at radius 1 is 1.75 bits per heavy atom. The normalized spacial score (nSPS) is 11.6. The zero-order chi connectivity index (χ0) is 9.14. The van der Waals surface area contributed by atoms with Crippen molar-refractivity contribution < 1.29 is 9.90 Å². The lowest BCUT2D eigenvalue weighted by molar-refractivity contribution is -0.129. The Hall–Kier alpha value is -1.50. The quantitative estimate of drug-likeness (QED) is 0.613. The summed E-state index contributed by atoms with van der Waals surface area (Å²) >= 11 is 0.938. The van der Waals surface area contributed by atoms with Gasteiger partial charge in [-0.25, -0.2) is 4.79 Å². The third-order valence-corrected chi connectivity index (χ3v) is 1.62. The molecular weight excluding hydrogens is 180 g/mol. The first kappa shape index (κ1) is 8.60. The number of carbonyl (C=O) groups is 1. The Kier molecular flexibility index (Phi) is 2.34. The number of anilines is 1. The Morgan fingerprint density at radius 3 is 2.75 bits per heavy atom. The van der Waals surface area contributed by atoms with Crippen molar-refractivity contribution in [3.8, 4) is 0 Å². The molecule has 0 saturated heterocycles. The molecule has 0 spiro atoms. The van der Waals surface area contributed by atoms with E-state index in [1.807, 2.05) is 0 Å². The molecule has 7 heteroatoms. The Balaban J connectivity index is 3.04. The lowest BCUT2D eigenvalue weighted by atomic mass is 10.3. The van der Waals surface area contributed by atoms with Crippen LogP contribution in [0, 0.1) is 0 Å². The largest absolute Gasteiger partial charge is 0.476 e. The second-order valence-corrected chi connectivity index (χ2v) is 2.62. The molecule has 0 saturated carbocycles. The number of aliphatic imine (C=N–C) groups is 1. The monoisotopic (exact) mass is 186 g/mol. The van der Waals surface area contributed by atoms with Crippen molar-refractivity contribution in [1.29, 1.82) is 0 Å². The molecule has 64 valence electrons. The van der Waals surface area contributed by atoms with E-state index in [4.69, 9.17) is 10.8 Å². The van der Waals surface area contributed by atoms with Crippen molar-refractivity contribution in [2.45, 2.75) is 0 Å². The maximum Gasteiger partial charge on any atom is 0.358 e. The number of nitrogens with two attached hydrogens (primary N) is 1. The van der Waals surface area contributed by atoms with E-state index < -0.39 is 5.97 Å². The number of aliphatic carboxylic acids is 1. The van der Waals surface area contributed by atoms with E-state index >= 15 is 0 Å². The summed E-state index contributed by atoms with van der Waals surface area (Å²) in [5, 5.41) is 8.82. The van der Waals surface area contributed by atoms with Crippen LogP contribution in [0.2, 0.25) is 0 Å². The number of aromatic nitrogens is 2. The number of nitrogens with zero attached hydrogens (tertiary/aromatic N) is 3. The van der Waals surface area contributed by atoms with Crippen LogP contribution in [0.4, 0.5) is 5.13 Å². The summed E-state index contributed by atoms with van der Waals surface area (Å²) in [4.78, 5) is 17.7. The van der Waals surface area contributed by atoms with Crippen molar-refractivity contribution >= 4 is 28.3 Å². The fraction of sp³-hybridized carbons (Fsp3) is 0.200. The van der Waals surface area contributed by atoms with E-state index in [2.05, 4.69) is 14.3 Å². The minimum atomic E-state index is -1.16. The first-order valence-corrected chi connectivity index (χ1v) is 3.72. The molecule has 3 N–H and O–H groups in total. The van der Waals surface area contributed by atoms with Crippen LogP contribution in [0.3, 0.4) is 0 Å². The van der Waals surface area contributed by atoms with Crippen molar-refractivity contribution in [3.05, 3.63) is 5.82 Å². The average molecular weight is 186 g/mol. The van der Waals surface area contributed by atoms with E-state index in [-0.39, 0.29) is 16.7 Å². The van der Waals surface area contributed by atoms with Gasteiger partial charge >= 0.3 is 5.97 Å². The van der Waals surface area contributed by atoms with Crippen LogP contribution < -0.4 is 5.73 Å². The molecule has 0 aliphatic rings. The van der Waals surface area contributed by atoms with Gasteiger partial charge in [0.1, 0.15) is 0 Å². The number of rotatable bonds is 2. The highest BCUT2D eigenvalue weighted by Gasteiger charge is 2.15. The van der Waals surface area contributed by atoms with E-state index in [1.54, 1.807) is 0 Å². The summed E-state index contributed by atoms with van der Waals surface area (Å²) in [6, 6.07) is 0. The first-order valence-electron chi connectivity index (χ1n) is 2.94. The SMILES string of the molecule is CN=C(C(=O)O)c1nsc(N)n1. The summed E-state index contributed by atoms with van der Waals surface area (Å²) < 4.78 is 3.70. The van der Waals surface area contributed by atoms with Crippen molar-refractivity contribution in [2.75, 3.05) is 12.8 Å². The van der Waals surface area contributed by atoms with Crippen LogP contribution in [0.25, 0.3) is 0 Å². The van der Waals surface area contributed by atoms with Crippen LogP contribution in [0.1, 0.15) is 5.82 Å². The zero-order valence-electron chi connectivity index (χ0n) is 6.18. The molecule has 1 aromatic heterocycles. The fourth-order valence-corrected chi connectivity index (χ4v) is 1.06. The second kappa shape index (κ2) is 3.26. The molecule has 0 amide bonds. The molecular formula is C5H6N4O2S. The van der Waals surface area contributed by atoms with Crippen LogP contribution in [0.15, 0.2) is 4.99 Å². The first-order chi connectivity index (χ1) is 5.65. The lowest BCUT2D eigenvalue weighted by Crippen LogP contribution is -2.15. The topological polar surface area (TPSA) is 101 Å². The Labute approximate surface area is 71.9 Å². The highest BCUT2D eigenvalue weighted by Crippen LogP contribution is 2.06. The molecule has 1 heterocycles. The van der Waals surface area contributed by atoms with Gasteiger partial charge in [-0.1, -0.05) is 0 Å². The zero-order valence-corrected chi connectivity index (χ0v) is 7.00. The molecule has 0 radical (unpaired) electrons. The molecule has 0 aliphatic heterocycles. The molecule has 6 nitrogen and oxygen atoms in total. The van der Waals surface area contributed by atoms with Crippen LogP contribution in [0.5, 0.6) is 0 Å². The number of hydrogen-bond acceptors (Lipinski definition) is 6. The fourth-order valence-electron chi connectivity index (χ4n) is 0.623. The third-order valence-electron chi connectivity index (χ3n) is 1.08. The molecule has 0 aliphatic carbocycles. The standard InChI is InChI=1S/C5H6N4O2S/c1-7-2(4(10)11)3-8-5(6)12-9-3/h1H3,(H,10,11)(H2,6,8,9). The molecule has 1 aromatic rings. The van der Waals surface area contributed by atoms with Gasteiger partial charge in [-0.3, -0.25) is 4.99 Å². The predicted molar refractivity (Wildman–Crippen MR) is 44.4 cm³/mol. The van der Waals surface area contributed by atoms with Gasteiger partial charge < -0.3 is 10.8 Å². The maximum atomic E-state index is 10.5. The van der Waals surface area contributed by atoms with Gasteiger partial charge in [0.2, 0.25) is 0 Å². The molecule has 0 aromatic carbocycles. The summed E-state index contributed by atoms with van der Waals surface area (Å²) in [6.07, 6.45) is 0. The summed E-state index contributed by atoms with van der Waals surface area (Å²) in [6.45, 7) is 0. The average Bonchev–Trinajstić information content (AvgIpc) is 2.37. The van der Waals surface area contributed by atoms with Crippen molar-refractivity contribution in [1.82, 2.24) is 9.36 Å². The maximum absolute atomic E-state index is 10.5. The molecule has 1 rings (SSSR count). The molecule has 0 bridgehead atoms. The minimum Gasteiger partial charge on any atom is -0.476 e. The summed E-state index contributed by atoms with van der Waals surface area (Å²) in [5.41, 5.74) is 5.09. The van der Waals surface area contributed by atoms with Gasteiger partial charge in [-0.05, 0) is 0 Å². The molecule has 12 heavy (non-hydrogen) atoms. The minimum absolute atomic E-state index is 0.0625. The number of hydrogen-bond donors (Lipinski definition) is 2. The second-order valence-electron chi connectivity index (χ2n) is 1.83. The van der Waals surface area contributed by atoms with Gasteiger partial charge in [0.05, 0.1) is 0 Å². The number of carboxylic acids is 1. The van der Waals surface area contributed by atoms with E-state index in [0.717, 1.165) is 11.5 Å². The highest BCUT2D eigenvalue weighted by atomic mass is 32.1. The smallest absolute Gasteiger partial charge is 0.358 e.